The van der Waals surface area contributed by atoms with E-state index in [1.54, 1.807) is 11.0 Å². The highest BCUT2D eigenvalue weighted by molar-refractivity contribution is 9.10. The van der Waals surface area contributed by atoms with Gasteiger partial charge in [0, 0.05) is 18.1 Å². The summed E-state index contributed by atoms with van der Waals surface area (Å²) in [5, 5.41) is 9.24. The lowest BCUT2D eigenvalue weighted by molar-refractivity contribution is -0.157. The molecule has 2 amide bonds. The molecule has 0 aliphatic carbocycles. The number of amides is 2. The van der Waals surface area contributed by atoms with E-state index < -0.39 is 23.3 Å². The number of para-hydroxylation sites is 1. The smallest absolute Gasteiger partial charge is 0.329 e. The number of rotatable bonds is 4. The molecule has 124 valence electrons. The average Bonchev–Trinajstić information content (AvgIpc) is 2.87. The Hall–Kier alpha value is -1.89. The maximum Gasteiger partial charge on any atom is 0.329 e. The molecular formula is C16H19BrN2O4. The van der Waals surface area contributed by atoms with Crippen molar-refractivity contribution in [3.63, 3.8) is 0 Å². The molecule has 0 bridgehead atoms. The number of likely N-dealkylation sites (N-methyl/N-ethyl adjacent to an activating group) is 1. The lowest BCUT2D eigenvalue weighted by atomic mass is 9.99. The summed E-state index contributed by atoms with van der Waals surface area (Å²) >= 11 is 3.40. The third kappa shape index (κ3) is 3.10. The van der Waals surface area contributed by atoms with Crippen LogP contribution in [0.5, 0.6) is 0 Å². The van der Waals surface area contributed by atoms with Gasteiger partial charge in [0.1, 0.15) is 11.5 Å². The zero-order valence-corrected chi connectivity index (χ0v) is 14.8. The zero-order valence-electron chi connectivity index (χ0n) is 13.2. The van der Waals surface area contributed by atoms with Crippen molar-refractivity contribution in [2.45, 2.75) is 25.8 Å². The highest BCUT2D eigenvalue weighted by Gasteiger charge is 2.44. The zero-order chi connectivity index (χ0) is 17.4. The number of carboxylic acid groups (broad SMARTS) is 1. The van der Waals surface area contributed by atoms with Crippen LogP contribution in [-0.4, -0.2) is 46.9 Å². The van der Waals surface area contributed by atoms with E-state index in [0.29, 0.717) is 18.7 Å². The van der Waals surface area contributed by atoms with Gasteiger partial charge in [0.15, 0.2) is 0 Å². The second-order valence-corrected chi connectivity index (χ2v) is 6.90. The highest BCUT2D eigenvalue weighted by Crippen LogP contribution is 2.32. The molecule has 0 spiro atoms. The van der Waals surface area contributed by atoms with E-state index in [1.807, 2.05) is 18.2 Å². The van der Waals surface area contributed by atoms with E-state index in [4.69, 9.17) is 0 Å². The number of halogens is 1. The fraction of sp³-hybridized carbons (Fsp3) is 0.438. The Morgan fingerprint density at radius 2 is 1.96 bits per heavy atom. The van der Waals surface area contributed by atoms with Gasteiger partial charge in [-0.15, -0.1) is 0 Å². The highest BCUT2D eigenvalue weighted by atomic mass is 79.9. The third-order valence-corrected chi connectivity index (χ3v) is 5.01. The molecule has 1 aromatic carbocycles. The molecule has 1 fully saturated rings. The van der Waals surface area contributed by atoms with Crippen molar-refractivity contribution in [2.24, 2.45) is 5.92 Å². The molecule has 6 nitrogen and oxygen atoms in total. The second kappa shape index (κ2) is 6.31. The minimum atomic E-state index is -1.36. The lowest BCUT2D eigenvalue weighted by Crippen LogP contribution is -2.53. The van der Waals surface area contributed by atoms with Crippen LogP contribution in [0, 0.1) is 5.92 Å². The summed E-state index contributed by atoms with van der Waals surface area (Å²) < 4.78 is 0.778. The van der Waals surface area contributed by atoms with Gasteiger partial charge >= 0.3 is 5.97 Å². The van der Waals surface area contributed by atoms with Crippen molar-refractivity contribution in [3.8, 4) is 0 Å². The number of carbonyl (C=O) groups excluding carboxylic acids is 2. The van der Waals surface area contributed by atoms with E-state index in [2.05, 4.69) is 15.9 Å². The first-order valence-electron chi connectivity index (χ1n) is 7.25. The topological polar surface area (TPSA) is 77.9 Å². The summed E-state index contributed by atoms with van der Waals surface area (Å²) in [4.78, 5) is 39.2. The van der Waals surface area contributed by atoms with E-state index in [-0.39, 0.29) is 5.91 Å². The van der Waals surface area contributed by atoms with Crippen LogP contribution >= 0.6 is 15.9 Å². The largest absolute Gasteiger partial charge is 0.480 e. The van der Waals surface area contributed by atoms with Crippen molar-refractivity contribution in [2.75, 3.05) is 18.5 Å². The van der Waals surface area contributed by atoms with Gasteiger partial charge in [-0.1, -0.05) is 12.1 Å². The van der Waals surface area contributed by atoms with Crippen molar-refractivity contribution < 1.29 is 19.5 Å². The van der Waals surface area contributed by atoms with E-state index >= 15 is 0 Å². The van der Waals surface area contributed by atoms with Crippen LogP contribution in [0.3, 0.4) is 0 Å². The van der Waals surface area contributed by atoms with Crippen molar-refractivity contribution >= 4 is 39.4 Å². The van der Waals surface area contributed by atoms with Crippen LogP contribution in [0.4, 0.5) is 5.69 Å². The first kappa shape index (κ1) is 17.5. The summed E-state index contributed by atoms with van der Waals surface area (Å²) in [7, 11) is 1.42. The summed E-state index contributed by atoms with van der Waals surface area (Å²) in [6.07, 6.45) is 0.374. The summed E-state index contributed by atoms with van der Waals surface area (Å²) in [6, 6.07) is 7.30. The average molecular weight is 383 g/mol. The van der Waals surface area contributed by atoms with E-state index in [9.17, 15) is 19.5 Å². The van der Waals surface area contributed by atoms with Gasteiger partial charge in [0.05, 0.1) is 5.69 Å². The SMILES string of the molecule is CN(C(=O)C1CCN(c2ccccc2Br)C1=O)C(C)(C)C(=O)O. The molecule has 1 aromatic rings. The van der Waals surface area contributed by atoms with Gasteiger partial charge < -0.3 is 14.9 Å². The van der Waals surface area contributed by atoms with Gasteiger partial charge in [0.25, 0.3) is 0 Å². The molecule has 7 heteroatoms. The molecule has 1 saturated heterocycles. The van der Waals surface area contributed by atoms with Crippen LogP contribution in [0.25, 0.3) is 0 Å². The predicted octanol–water partition coefficient (Wildman–Crippen LogP) is 2.12. The number of anilines is 1. The van der Waals surface area contributed by atoms with Gasteiger partial charge in [-0.3, -0.25) is 9.59 Å². The molecule has 1 unspecified atom stereocenters. The molecule has 23 heavy (non-hydrogen) atoms. The van der Waals surface area contributed by atoms with Crippen LogP contribution in [0.1, 0.15) is 20.3 Å². The molecule has 1 atom stereocenters. The van der Waals surface area contributed by atoms with Crippen LogP contribution < -0.4 is 4.90 Å². The number of carboxylic acids is 1. The Morgan fingerprint density at radius 3 is 2.52 bits per heavy atom. The van der Waals surface area contributed by atoms with Crippen molar-refractivity contribution in [3.05, 3.63) is 28.7 Å². The van der Waals surface area contributed by atoms with Crippen LogP contribution in [0.2, 0.25) is 0 Å². The number of hydrogen-bond acceptors (Lipinski definition) is 3. The van der Waals surface area contributed by atoms with E-state index in [1.165, 1.54) is 20.9 Å². The monoisotopic (exact) mass is 382 g/mol. The Kier molecular flexibility index (Phi) is 4.79. The van der Waals surface area contributed by atoms with Crippen molar-refractivity contribution in [1.82, 2.24) is 4.90 Å². The molecule has 2 rings (SSSR count). The first-order chi connectivity index (χ1) is 10.7. The summed E-state index contributed by atoms with van der Waals surface area (Å²) in [5.74, 6) is -2.71. The number of aliphatic carboxylic acids is 1. The predicted molar refractivity (Wildman–Crippen MR) is 89.1 cm³/mol. The molecule has 0 saturated carbocycles. The third-order valence-electron chi connectivity index (χ3n) is 4.34. The second-order valence-electron chi connectivity index (χ2n) is 6.04. The number of carbonyl (C=O) groups is 3. The number of benzene rings is 1. The summed E-state index contributed by atoms with van der Waals surface area (Å²) in [5.41, 5.74) is -0.647. The molecule has 0 radical (unpaired) electrons. The van der Waals surface area contributed by atoms with Gasteiger partial charge in [-0.2, -0.15) is 0 Å². The first-order valence-corrected chi connectivity index (χ1v) is 8.04. The Morgan fingerprint density at radius 1 is 1.35 bits per heavy atom. The summed E-state index contributed by atoms with van der Waals surface area (Å²) in [6.45, 7) is 3.32. The maximum absolute atomic E-state index is 12.6. The molecule has 1 heterocycles. The standard InChI is InChI=1S/C16H19BrN2O4/c1-16(2,15(22)23)18(3)13(20)10-8-9-19(14(10)21)12-7-5-4-6-11(12)17/h4-7,10H,8-9H2,1-3H3,(H,22,23). The van der Waals surface area contributed by atoms with Gasteiger partial charge in [-0.05, 0) is 48.3 Å². The molecule has 1 aliphatic rings. The fourth-order valence-corrected chi connectivity index (χ4v) is 2.97. The Labute approximate surface area is 143 Å². The quantitative estimate of drug-likeness (QED) is 0.808. The van der Waals surface area contributed by atoms with E-state index in [0.717, 1.165) is 9.37 Å². The van der Waals surface area contributed by atoms with Gasteiger partial charge in [-0.25, -0.2) is 4.79 Å². The van der Waals surface area contributed by atoms with Crippen LogP contribution in [-0.2, 0) is 14.4 Å². The van der Waals surface area contributed by atoms with Crippen LogP contribution in [0.15, 0.2) is 28.7 Å². The van der Waals surface area contributed by atoms with Crippen molar-refractivity contribution in [1.29, 1.82) is 0 Å². The molecule has 1 N–H and O–H groups in total. The minimum absolute atomic E-state index is 0.296. The maximum atomic E-state index is 12.6. The van der Waals surface area contributed by atoms with Gasteiger partial charge in [0.2, 0.25) is 11.8 Å². The fourth-order valence-electron chi connectivity index (χ4n) is 2.47. The normalized spacial score (nSPS) is 18.2. The molecule has 1 aliphatic heterocycles. The minimum Gasteiger partial charge on any atom is -0.480 e. The molecular weight excluding hydrogens is 364 g/mol. The Bertz CT molecular complexity index is 659. The number of hydrogen-bond donors (Lipinski definition) is 1. The number of nitrogens with zero attached hydrogens (tertiary/aromatic N) is 2. The Balaban J connectivity index is 2.21. The molecule has 0 aromatic heterocycles. The lowest BCUT2D eigenvalue weighted by Gasteiger charge is -2.33.